The number of carbonyl (C=O) groups excluding carboxylic acids is 3. The van der Waals surface area contributed by atoms with Gasteiger partial charge < -0.3 is 10.1 Å². The van der Waals surface area contributed by atoms with Crippen molar-refractivity contribution >= 4 is 40.6 Å². The fourth-order valence-electron chi connectivity index (χ4n) is 2.42. The number of halogens is 1. The maximum Gasteiger partial charge on any atom is 0.329 e. The highest BCUT2D eigenvalue weighted by Gasteiger charge is 2.25. The van der Waals surface area contributed by atoms with Crippen LogP contribution in [-0.2, 0) is 32.1 Å². The molecule has 0 spiro atoms. The first kappa shape index (κ1) is 20.9. The summed E-state index contributed by atoms with van der Waals surface area (Å²) < 4.78 is 7.69. The summed E-state index contributed by atoms with van der Waals surface area (Å²) in [7, 11) is 0. The van der Waals surface area contributed by atoms with E-state index >= 15 is 0 Å². The van der Waals surface area contributed by atoms with Crippen LogP contribution in [0, 0.1) is 0 Å². The van der Waals surface area contributed by atoms with E-state index in [1.165, 1.54) is 0 Å². The molecule has 0 aliphatic carbocycles. The molecule has 142 valence electrons. The van der Waals surface area contributed by atoms with Gasteiger partial charge in [-0.15, -0.1) is 0 Å². The number of ether oxygens (including phenoxy) is 1. The van der Waals surface area contributed by atoms with E-state index in [0.717, 1.165) is 11.1 Å². The van der Waals surface area contributed by atoms with Crippen molar-refractivity contribution in [2.45, 2.75) is 31.9 Å². The fraction of sp³-hybridized carbons (Fsp3) is 0.250. The van der Waals surface area contributed by atoms with Crippen molar-refractivity contribution in [1.29, 1.82) is 0 Å². The molecule has 2 amide bonds. The molecule has 0 bridgehead atoms. The number of amides is 2. The molecule has 0 unspecified atom stereocenters. The number of rotatable bonds is 9. The van der Waals surface area contributed by atoms with Crippen LogP contribution < -0.4 is 8.85 Å². The molecular weight excluding hydrogens is 459 g/mol. The molecule has 0 fully saturated rings. The van der Waals surface area contributed by atoms with Crippen LogP contribution in [0.4, 0.5) is 0 Å². The normalized spacial score (nSPS) is 11.3. The third-order valence-corrected chi connectivity index (χ3v) is 4.42. The van der Waals surface area contributed by atoms with Gasteiger partial charge in [0.05, 0.1) is 29.3 Å². The second-order valence-electron chi connectivity index (χ2n) is 5.92. The van der Waals surface area contributed by atoms with Gasteiger partial charge in [-0.1, -0.05) is 60.7 Å². The largest absolute Gasteiger partial charge is 0.459 e. The quantitative estimate of drug-likeness (QED) is 0.329. The first-order valence-electron chi connectivity index (χ1n) is 8.52. The average molecular weight is 480 g/mol. The lowest BCUT2D eigenvalue weighted by Gasteiger charge is -2.17. The smallest absolute Gasteiger partial charge is 0.329 e. The van der Waals surface area contributed by atoms with Crippen molar-refractivity contribution in [1.82, 2.24) is 8.85 Å². The minimum Gasteiger partial charge on any atom is -0.459 e. The van der Waals surface area contributed by atoms with Crippen molar-refractivity contribution in [2.75, 3.05) is 0 Å². The minimum atomic E-state index is -1.02. The van der Waals surface area contributed by atoms with Gasteiger partial charge in [-0.3, -0.25) is 13.1 Å². The molecule has 0 aliphatic heterocycles. The Labute approximate surface area is 172 Å². The molecule has 0 radical (unpaired) electrons. The van der Waals surface area contributed by atoms with E-state index in [9.17, 15) is 14.4 Å². The topological polar surface area (TPSA) is 84.5 Å². The molecule has 0 saturated carbocycles. The number of hydrogen-bond donors (Lipinski definition) is 2. The molecule has 2 rings (SSSR count). The number of esters is 1. The first-order valence-corrected chi connectivity index (χ1v) is 9.59. The first-order chi connectivity index (χ1) is 13.1. The van der Waals surface area contributed by atoms with E-state index in [0.29, 0.717) is 6.42 Å². The van der Waals surface area contributed by atoms with E-state index < -0.39 is 12.0 Å². The second-order valence-corrected chi connectivity index (χ2v) is 6.46. The van der Waals surface area contributed by atoms with E-state index in [2.05, 4.69) is 8.85 Å². The van der Waals surface area contributed by atoms with Crippen LogP contribution in [0.3, 0.4) is 0 Å². The molecule has 6 nitrogen and oxygen atoms in total. The van der Waals surface area contributed by atoms with Crippen LogP contribution in [0.5, 0.6) is 0 Å². The van der Waals surface area contributed by atoms with Gasteiger partial charge in [0.2, 0.25) is 11.8 Å². The van der Waals surface area contributed by atoms with Crippen LogP contribution in [0.25, 0.3) is 0 Å². The Hall–Kier alpha value is -2.42. The molecule has 27 heavy (non-hydrogen) atoms. The predicted molar refractivity (Wildman–Crippen MR) is 110 cm³/mol. The van der Waals surface area contributed by atoms with Crippen molar-refractivity contribution in [2.24, 2.45) is 0 Å². The van der Waals surface area contributed by atoms with Crippen molar-refractivity contribution in [3.05, 3.63) is 71.8 Å². The van der Waals surface area contributed by atoms with Crippen LogP contribution in [0.1, 0.15) is 24.0 Å². The van der Waals surface area contributed by atoms with Gasteiger partial charge in [-0.2, -0.15) is 0 Å². The summed E-state index contributed by atoms with van der Waals surface area (Å²) in [5.74, 6) is -1.30. The number of carbonyl (C=O) groups is 3. The molecule has 0 heterocycles. The van der Waals surface area contributed by atoms with E-state index in [1.807, 2.05) is 60.7 Å². The highest BCUT2D eigenvalue weighted by atomic mass is 127. The summed E-state index contributed by atoms with van der Waals surface area (Å²) in [6, 6.07) is 17.8. The lowest BCUT2D eigenvalue weighted by Crippen LogP contribution is -2.44. The number of aryl methyl sites for hydroxylation is 1. The molecule has 2 N–H and O–H groups in total. The van der Waals surface area contributed by atoms with E-state index in [-0.39, 0.29) is 31.3 Å². The highest BCUT2D eigenvalue weighted by molar-refractivity contribution is 14.1. The Morgan fingerprint density at radius 2 is 1.48 bits per heavy atom. The zero-order chi connectivity index (χ0) is 19.5. The molecule has 0 saturated heterocycles. The van der Waals surface area contributed by atoms with Gasteiger partial charge in [0.1, 0.15) is 12.6 Å². The van der Waals surface area contributed by atoms with Crippen LogP contribution in [0.2, 0.25) is 0 Å². The molecule has 7 heteroatoms. The Morgan fingerprint density at radius 3 is 2.07 bits per heavy atom. The van der Waals surface area contributed by atoms with Crippen molar-refractivity contribution < 1.29 is 19.1 Å². The van der Waals surface area contributed by atoms with Gasteiger partial charge in [-0.05, 0) is 17.5 Å². The number of benzene rings is 2. The molecule has 0 aromatic heterocycles. The van der Waals surface area contributed by atoms with Gasteiger partial charge >= 0.3 is 5.97 Å². The van der Waals surface area contributed by atoms with Crippen molar-refractivity contribution in [3.8, 4) is 0 Å². The van der Waals surface area contributed by atoms with E-state index in [4.69, 9.17) is 4.74 Å². The molecule has 2 aromatic carbocycles. The predicted octanol–water partition coefficient (Wildman–Crippen LogP) is 2.70. The van der Waals surface area contributed by atoms with Crippen LogP contribution >= 0.6 is 22.9 Å². The van der Waals surface area contributed by atoms with Gasteiger partial charge in [0, 0.05) is 6.42 Å². The Bertz CT molecular complexity index is 753. The third-order valence-electron chi connectivity index (χ3n) is 3.82. The molecular formula is C20H21IN2O4. The summed E-state index contributed by atoms with van der Waals surface area (Å²) in [5.41, 5.74) is 1.86. The summed E-state index contributed by atoms with van der Waals surface area (Å²) in [6.07, 6.45) is 0.600. The SMILES string of the molecule is O=C(C[C@H](NC(=O)CCc1ccccc1)C(=O)OCc1ccccc1)NI. The maximum absolute atomic E-state index is 12.4. The van der Waals surface area contributed by atoms with Gasteiger partial charge in [0.25, 0.3) is 0 Å². The molecule has 1 atom stereocenters. The summed E-state index contributed by atoms with van der Waals surface area (Å²) in [6.45, 7) is 0.0852. The Balaban J connectivity index is 1.90. The van der Waals surface area contributed by atoms with Crippen LogP contribution in [-0.4, -0.2) is 23.8 Å². The number of hydrogen-bond acceptors (Lipinski definition) is 4. The Kier molecular flexibility index (Phi) is 8.76. The average Bonchev–Trinajstić information content (AvgIpc) is 2.71. The standard InChI is InChI=1S/C20H21IN2O4/c21-23-19(25)13-17(20(26)27-14-16-9-5-2-6-10-16)22-18(24)12-11-15-7-3-1-4-8-15/h1-10,17H,11-14H2,(H,22,24)(H,23,25)/t17-/m0/s1. The zero-order valence-corrected chi connectivity index (χ0v) is 16.8. The third kappa shape index (κ3) is 7.78. The maximum atomic E-state index is 12.4. The fourth-order valence-corrected chi connectivity index (χ4v) is 2.64. The second kappa shape index (κ2) is 11.3. The summed E-state index contributed by atoms with van der Waals surface area (Å²) in [5, 5.41) is 2.61. The van der Waals surface area contributed by atoms with Crippen LogP contribution in [0.15, 0.2) is 60.7 Å². The Morgan fingerprint density at radius 1 is 0.889 bits per heavy atom. The lowest BCUT2D eigenvalue weighted by atomic mass is 10.1. The summed E-state index contributed by atoms with van der Waals surface area (Å²) in [4.78, 5) is 36.3. The highest BCUT2D eigenvalue weighted by Crippen LogP contribution is 2.06. The number of nitrogens with one attached hydrogen (secondary N) is 2. The zero-order valence-electron chi connectivity index (χ0n) is 14.7. The van der Waals surface area contributed by atoms with Gasteiger partial charge in [0.15, 0.2) is 0 Å². The minimum absolute atomic E-state index is 0.0852. The monoisotopic (exact) mass is 480 g/mol. The summed E-state index contributed by atoms with van der Waals surface area (Å²) >= 11 is 1.69. The van der Waals surface area contributed by atoms with Gasteiger partial charge in [-0.25, -0.2) is 4.79 Å². The molecule has 0 aliphatic rings. The van der Waals surface area contributed by atoms with Crippen molar-refractivity contribution in [3.63, 3.8) is 0 Å². The van der Waals surface area contributed by atoms with E-state index in [1.54, 1.807) is 22.9 Å². The molecule has 2 aromatic rings. The lowest BCUT2D eigenvalue weighted by molar-refractivity contribution is -0.150.